The summed E-state index contributed by atoms with van der Waals surface area (Å²) in [6.07, 6.45) is 19.6. The quantitative estimate of drug-likeness (QED) is 0.202. The minimum absolute atomic E-state index is 0.0311. The maximum atomic E-state index is 11.9. The van der Waals surface area contributed by atoms with Gasteiger partial charge in [0, 0.05) is 37.1 Å². The molecule has 2 rings (SSSR count). The van der Waals surface area contributed by atoms with Crippen LogP contribution in [0.1, 0.15) is 77.0 Å². The molecule has 0 atom stereocenters. The average molecular weight is 421 g/mol. The van der Waals surface area contributed by atoms with Crippen molar-refractivity contribution in [2.24, 2.45) is 11.8 Å². The van der Waals surface area contributed by atoms with Crippen LogP contribution in [-0.2, 0) is 9.59 Å². The van der Waals surface area contributed by atoms with Crippen LogP contribution in [0.2, 0.25) is 0 Å². The number of carbonyl (C=O) groups is 2. The third-order valence-electron chi connectivity index (χ3n) is 6.04. The molecule has 4 N–H and O–H groups in total. The van der Waals surface area contributed by atoms with Gasteiger partial charge in [0.15, 0.2) is 0 Å². The lowest BCUT2D eigenvalue weighted by molar-refractivity contribution is -0.117. The molecule has 0 radical (unpaired) electrons. The van der Waals surface area contributed by atoms with E-state index >= 15 is 0 Å². The monoisotopic (exact) mass is 420 g/mol. The standard InChI is InChI=1S/C24H40N2O4/c27-17-13-9-5-1-3-7-11-15-19(29)25-23-21-22(23)24(21)26-20(30)16-12-8-4-2-6-10-14-18-28/h11-12,15-16,21-24,27-28H,1-10,13-14,17-18H2,(H,25,29)(H,26,30). The Labute approximate surface area is 181 Å². The van der Waals surface area contributed by atoms with E-state index in [2.05, 4.69) is 10.6 Å². The van der Waals surface area contributed by atoms with Crippen LogP contribution in [-0.4, -0.2) is 47.3 Å². The number of carbonyl (C=O) groups excluding carboxylic acids is 2. The lowest BCUT2D eigenvalue weighted by Crippen LogP contribution is -2.39. The van der Waals surface area contributed by atoms with Crippen molar-refractivity contribution in [2.45, 2.75) is 89.1 Å². The Morgan fingerprint density at radius 1 is 0.600 bits per heavy atom. The molecule has 0 aromatic carbocycles. The van der Waals surface area contributed by atoms with Gasteiger partial charge in [-0.1, -0.05) is 50.7 Å². The summed E-state index contributed by atoms with van der Waals surface area (Å²) in [5.41, 5.74) is 0. The van der Waals surface area contributed by atoms with Crippen molar-refractivity contribution in [3.63, 3.8) is 0 Å². The maximum absolute atomic E-state index is 11.9. The minimum atomic E-state index is -0.0311. The summed E-state index contributed by atoms with van der Waals surface area (Å²) >= 11 is 0. The molecule has 0 unspecified atom stereocenters. The smallest absolute Gasteiger partial charge is 0.243 e. The van der Waals surface area contributed by atoms with Crippen LogP contribution in [0, 0.1) is 11.8 Å². The molecule has 0 spiro atoms. The molecule has 2 amide bonds. The average Bonchev–Trinajstić information content (AvgIpc) is 3.63. The first-order valence-corrected chi connectivity index (χ1v) is 11.8. The van der Waals surface area contributed by atoms with Gasteiger partial charge in [-0.3, -0.25) is 9.59 Å². The van der Waals surface area contributed by atoms with Crippen LogP contribution in [0.4, 0.5) is 0 Å². The Bertz CT molecular complexity index is 518. The first kappa shape index (κ1) is 24.6. The number of allylic oxidation sites excluding steroid dienone is 2. The molecule has 6 heteroatoms. The van der Waals surface area contributed by atoms with Crippen molar-refractivity contribution in [3.05, 3.63) is 24.3 Å². The summed E-state index contributed by atoms with van der Waals surface area (Å²) in [4.78, 5) is 23.8. The molecular formula is C24H40N2O4. The molecule has 0 bridgehead atoms. The van der Waals surface area contributed by atoms with Crippen molar-refractivity contribution < 1.29 is 19.8 Å². The highest BCUT2D eigenvalue weighted by Gasteiger charge is 2.74. The molecule has 30 heavy (non-hydrogen) atoms. The van der Waals surface area contributed by atoms with E-state index < -0.39 is 0 Å². The Kier molecular flexibility index (Phi) is 11.8. The van der Waals surface area contributed by atoms with Crippen LogP contribution >= 0.6 is 0 Å². The fraction of sp³-hybridized carbons (Fsp3) is 0.750. The molecule has 170 valence electrons. The van der Waals surface area contributed by atoms with Gasteiger partial charge in [0.05, 0.1) is 0 Å². The second-order valence-electron chi connectivity index (χ2n) is 8.59. The van der Waals surface area contributed by atoms with Crippen molar-refractivity contribution in [1.82, 2.24) is 10.6 Å². The van der Waals surface area contributed by atoms with Crippen molar-refractivity contribution >= 4 is 11.8 Å². The predicted molar refractivity (Wildman–Crippen MR) is 119 cm³/mol. The van der Waals surface area contributed by atoms with E-state index in [1.165, 1.54) is 0 Å². The van der Waals surface area contributed by atoms with Crippen molar-refractivity contribution in [1.29, 1.82) is 0 Å². The molecule has 0 aromatic heterocycles. The summed E-state index contributed by atoms with van der Waals surface area (Å²) < 4.78 is 0. The summed E-state index contributed by atoms with van der Waals surface area (Å²) in [6.45, 7) is 0.551. The van der Waals surface area contributed by atoms with E-state index in [0.717, 1.165) is 77.0 Å². The second-order valence-corrected chi connectivity index (χ2v) is 8.59. The zero-order chi connectivity index (χ0) is 21.6. The first-order chi connectivity index (χ1) is 14.7. The van der Waals surface area contributed by atoms with E-state index in [0.29, 0.717) is 11.8 Å². The Morgan fingerprint density at radius 3 is 1.37 bits per heavy atom. The second kappa shape index (κ2) is 14.4. The van der Waals surface area contributed by atoms with Gasteiger partial charge < -0.3 is 20.8 Å². The highest BCUT2D eigenvalue weighted by molar-refractivity contribution is 5.89. The van der Waals surface area contributed by atoms with E-state index in [1.54, 1.807) is 12.2 Å². The summed E-state index contributed by atoms with van der Waals surface area (Å²) in [6, 6.07) is 0.461. The Balaban J connectivity index is 1.42. The molecule has 0 aliphatic heterocycles. The lowest BCUT2D eigenvalue weighted by Gasteiger charge is -2.13. The fourth-order valence-corrected chi connectivity index (χ4v) is 4.02. The molecule has 6 nitrogen and oxygen atoms in total. The molecule has 0 aromatic rings. The van der Waals surface area contributed by atoms with Gasteiger partial charge in [0.25, 0.3) is 0 Å². The van der Waals surface area contributed by atoms with Crippen LogP contribution in [0.25, 0.3) is 0 Å². The van der Waals surface area contributed by atoms with Crippen LogP contribution in [0.15, 0.2) is 24.3 Å². The predicted octanol–water partition coefficient (Wildman–Crippen LogP) is 2.99. The molecule has 2 aliphatic rings. The number of aliphatic hydroxyl groups is 2. The van der Waals surface area contributed by atoms with Crippen LogP contribution in [0.5, 0.6) is 0 Å². The van der Waals surface area contributed by atoms with Crippen LogP contribution in [0.3, 0.4) is 0 Å². The molecule has 0 heterocycles. The summed E-state index contributed by atoms with van der Waals surface area (Å²) in [5, 5.41) is 23.5. The Hall–Kier alpha value is -1.66. The number of fused-ring (bicyclic) bond motifs is 1. The van der Waals surface area contributed by atoms with Crippen LogP contribution < -0.4 is 10.6 Å². The highest BCUT2D eigenvalue weighted by Crippen LogP contribution is 2.62. The van der Waals surface area contributed by atoms with Gasteiger partial charge >= 0.3 is 0 Å². The van der Waals surface area contributed by atoms with Gasteiger partial charge in [0.2, 0.25) is 11.8 Å². The van der Waals surface area contributed by atoms with Gasteiger partial charge in [0.1, 0.15) is 0 Å². The maximum Gasteiger partial charge on any atom is 0.243 e. The van der Waals surface area contributed by atoms with E-state index in [4.69, 9.17) is 10.2 Å². The lowest BCUT2D eigenvalue weighted by atomic mass is 10.1. The number of rotatable bonds is 18. The van der Waals surface area contributed by atoms with Gasteiger partial charge in [-0.2, -0.15) is 0 Å². The highest BCUT2D eigenvalue weighted by atomic mass is 16.3. The SMILES string of the molecule is O=C(C=CCCCCCCCO)NC1C2C(NC(=O)C=CCCCCCCCO)C12. The van der Waals surface area contributed by atoms with E-state index in [9.17, 15) is 9.59 Å². The zero-order valence-electron chi connectivity index (χ0n) is 18.2. The zero-order valence-corrected chi connectivity index (χ0v) is 18.2. The molecule has 2 saturated carbocycles. The number of amides is 2. The summed E-state index contributed by atoms with van der Waals surface area (Å²) in [5.74, 6) is 0.767. The Morgan fingerprint density at radius 2 is 0.967 bits per heavy atom. The van der Waals surface area contributed by atoms with Gasteiger partial charge in [-0.05, 0) is 50.7 Å². The number of unbranched alkanes of at least 4 members (excludes halogenated alkanes) is 10. The number of nitrogens with one attached hydrogen (secondary N) is 2. The molecule has 2 aliphatic carbocycles. The molecular weight excluding hydrogens is 380 g/mol. The number of hydrogen-bond donors (Lipinski definition) is 4. The first-order valence-electron chi connectivity index (χ1n) is 11.8. The topological polar surface area (TPSA) is 98.7 Å². The minimum Gasteiger partial charge on any atom is -0.396 e. The van der Waals surface area contributed by atoms with E-state index in [1.807, 2.05) is 12.2 Å². The van der Waals surface area contributed by atoms with E-state index in [-0.39, 0.29) is 37.1 Å². The third-order valence-corrected chi connectivity index (χ3v) is 6.04. The number of hydrogen-bond acceptors (Lipinski definition) is 4. The fourth-order valence-electron chi connectivity index (χ4n) is 4.02. The van der Waals surface area contributed by atoms with Gasteiger partial charge in [-0.25, -0.2) is 0 Å². The molecule has 0 saturated heterocycles. The summed E-state index contributed by atoms with van der Waals surface area (Å²) in [7, 11) is 0. The van der Waals surface area contributed by atoms with Crippen molar-refractivity contribution in [2.75, 3.05) is 13.2 Å². The number of aliphatic hydroxyl groups excluding tert-OH is 2. The normalized spacial score (nSPS) is 24.2. The third kappa shape index (κ3) is 9.43. The van der Waals surface area contributed by atoms with Crippen molar-refractivity contribution in [3.8, 4) is 0 Å². The molecule has 2 fully saturated rings. The largest absolute Gasteiger partial charge is 0.396 e. The van der Waals surface area contributed by atoms with Gasteiger partial charge in [-0.15, -0.1) is 0 Å².